The van der Waals surface area contributed by atoms with Gasteiger partial charge in [-0.05, 0) is 36.4 Å². The van der Waals surface area contributed by atoms with E-state index in [9.17, 15) is 0 Å². The summed E-state index contributed by atoms with van der Waals surface area (Å²) in [6, 6.07) is 17.9. The Kier molecular flexibility index (Phi) is 3.12. The molecular weight excluding hydrogens is 288 g/mol. The molecule has 1 N–H and O–H groups in total. The standard InChI is InChI=1S/C18H16N4O/c1-19-17-11-15(12-7-9-13(23-2)10-8-12)21-18-20-14-5-3-4-6-16(14)22(17)18/h3-11,19H,1-2H3. The van der Waals surface area contributed by atoms with Crippen LogP contribution in [0.5, 0.6) is 5.75 Å². The largest absolute Gasteiger partial charge is 0.497 e. The van der Waals surface area contributed by atoms with Crippen molar-refractivity contribution < 1.29 is 4.74 Å². The van der Waals surface area contributed by atoms with E-state index >= 15 is 0 Å². The summed E-state index contributed by atoms with van der Waals surface area (Å²) in [6.07, 6.45) is 0. The molecule has 4 aromatic rings. The first-order valence-electron chi connectivity index (χ1n) is 7.40. The van der Waals surface area contributed by atoms with Gasteiger partial charge in [-0.1, -0.05) is 12.1 Å². The van der Waals surface area contributed by atoms with Crippen molar-refractivity contribution in [3.63, 3.8) is 0 Å². The zero-order valence-corrected chi connectivity index (χ0v) is 12.9. The Labute approximate surface area is 133 Å². The highest BCUT2D eigenvalue weighted by molar-refractivity contribution is 5.82. The van der Waals surface area contributed by atoms with Gasteiger partial charge in [-0.2, -0.15) is 0 Å². The number of benzene rings is 2. The van der Waals surface area contributed by atoms with Gasteiger partial charge in [-0.3, -0.25) is 4.40 Å². The lowest BCUT2D eigenvalue weighted by Gasteiger charge is -2.09. The number of nitrogens with zero attached hydrogens (tertiary/aromatic N) is 3. The highest BCUT2D eigenvalue weighted by atomic mass is 16.5. The third-order valence-corrected chi connectivity index (χ3v) is 3.92. The van der Waals surface area contributed by atoms with Crippen LogP contribution in [0.25, 0.3) is 28.1 Å². The van der Waals surface area contributed by atoms with E-state index in [4.69, 9.17) is 9.72 Å². The molecule has 23 heavy (non-hydrogen) atoms. The fraction of sp³-hybridized carbons (Fsp3) is 0.111. The molecule has 0 saturated heterocycles. The van der Waals surface area contributed by atoms with Crippen molar-refractivity contribution in [3.8, 4) is 17.0 Å². The second kappa shape index (κ2) is 5.28. The molecule has 0 fully saturated rings. The minimum Gasteiger partial charge on any atom is -0.497 e. The van der Waals surface area contributed by atoms with Gasteiger partial charge >= 0.3 is 0 Å². The van der Waals surface area contributed by atoms with Gasteiger partial charge in [0.05, 0.1) is 23.8 Å². The summed E-state index contributed by atoms with van der Waals surface area (Å²) >= 11 is 0. The van der Waals surface area contributed by atoms with Gasteiger partial charge in [0.15, 0.2) is 0 Å². The summed E-state index contributed by atoms with van der Waals surface area (Å²) in [7, 11) is 3.57. The number of hydrogen-bond acceptors (Lipinski definition) is 4. The Hall–Kier alpha value is -3.08. The number of anilines is 1. The van der Waals surface area contributed by atoms with Gasteiger partial charge in [-0.15, -0.1) is 0 Å². The first-order valence-corrected chi connectivity index (χ1v) is 7.40. The zero-order valence-electron chi connectivity index (χ0n) is 12.9. The van der Waals surface area contributed by atoms with E-state index < -0.39 is 0 Å². The van der Waals surface area contributed by atoms with Crippen LogP contribution in [0.4, 0.5) is 5.82 Å². The van der Waals surface area contributed by atoms with Crippen molar-refractivity contribution in [3.05, 3.63) is 54.6 Å². The maximum Gasteiger partial charge on any atom is 0.237 e. The minimum atomic E-state index is 0.684. The number of fused-ring (bicyclic) bond motifs is 3. The summed E-state index contributed by atoms with van der Waals surface area (Å²) in [5, 5.41) is 3.24. The van der Waals surface area contributed by atoms with Crippen LogP contribution in [0.2, 0.25) is 0 Å². The number of imidazole rings is 1. The summed E-state index contributed by atoms with van der Waals surface area (Å²) in [4.78, 5) is 9.35. The van der Waals surface area contributed by atoms with Crippen LogP contribution in [0.1, 0.15) is 0 Å². The van der Waals surface area contributed by atoms with E-state index in [0.29, 0.717) is 5.78 Å². The molecule has 0 aliphatic rings. The molecule has 2 aromatic heterocycles. The quantitative estimate of drug-likeness (QED) is 0.628. The van der Waals surface area contributed by atoms with Gasteiger partial charge in [-0.25, -0.2) is 9.97 Å². The van der Waals surface area contributed by atoms with Gasteiger partial charge < -0.3 is 10.1 Å². The fourth-order valence-electron chi connectivity index (χ4n) is 2.75. The monoisotopic (exact) mass is 304 g/mol. The fourth-order valence-corrected chi connectivity index (χ4v) is 2.75. The number of rotatable bonds is 3. The van der Waals surface area contributed by atoms with Crippen molar-refractivity contribution in [2.75, 3.05) is 19.5 Å². The van der Waals surface area contributed by atoms with Crippen LogP contribution in [-0.2, 0) is 0 Å². The average Bonchev–Trinajstić information content (AvgIpc) is 2.99. The predicted octanol–water partition coefficient (Wildman–Crippen LogP) is 3.60. The Bertz CT molecular complexity index is 989. The van der Waals surface area contributed by atoms with Gasteiger partial charge in [0, 0.05) is 18.7 Å². The minimum absolute atomic E-state index is 0.684. The van der Waals surface area contributed by atoms with E-state index in [1.54, 1.807) is 7.11 Å². The molecule has 0 amide bonds. The molecule has 114 valence electrons. The Morgan fingerprint density at radius 2 is 1.78 bits per heavy atom. The highest BCUT2D eigenvalue weighted by Gasteiger charge is 2.11. The smallest absolute Gasteiger partial charge is 0.237 e. The van der Waals surface area contributed by atoms with Crippen LogP contribution >= 0.6 is 0 Å². The van der Waals surface area contributed by atoms with Crippen molar-refractivity contribution in [1.82, 2.24) is 14.4 Å². The summed E-state index contributed by atoms with van der Waals surface area (Å²) in [5.74, 6) is 2.47. The molecule has 0 aliphatic heterocycles. The van der Waals surface area contributed by atoms with Crippen molar-refractivity contribution >= 4 is 22.6 Å². The van der Waals surface area contributed by atoms with E-state index in [1.165, 1.54) is 0 Å². The second-order valence-electron chi connectivity index (χ2n) is 5.24. The molecular formula is C18H16N4O. The second-order valence-corrected chi connectivity index (χ2v) is 5.24. The summed E-state index contributed by atoms with van der Waals surface area (Å²) < 4.78 is 7.24. The Morgan fingerprint density at radius 1 is 1.00 bits per heavy atom. The van der Waals surface area contributed by atoms with E-state index in [2.05, 4.69) is 10.3 Å². The van der Waals surface area contributed by atoms with Crippen molar-refractivity contribution in [2.24, 2.45) is 0 Å². The highest BCUT2D eigenvalue weighted by Crippen LogP contribution is 2.26. The molecule has 0 saturated carbocycles. The van der Waals surface area contributed by atoms with E-state index in [-0.39, 0.29) is 0 Å². The number of ether oxygens (including phenoxy) is 1. The molecule has 0 atom stereocenters. The Balaban J connectivity index is 1.96. The SMILES string of the molecule is CNc1cc(-c2ccc(OC)cc2)nc2nc3ccccc3n12. The third kappa shape index (κ3) is 2.17. The first-order chi connectivity index (χ1) is 11.3. The lowest BCUT2D eigenvalue weighted by molar-refractivity contribution is 0.415. The van der Waals surface area contributed by atoms with Crippen molar-refractivity contribution in [2.45, 2.75) is 0 Å². The van der Waals surface area contributed by atoms with Gasteiger partial charge in [0.2, 0.25) is 5.78 Å². The summed E-state index contributed by atoms with van der Waals surface area (Å²) in [6.45, 7) is 0. The van der Waals surface area contributed by atoms with Crippen molar-refractivity contribution in [1.29, 1.82) is 0 Å². The average molecular weight is 304 g/mol. The maximum atomic E-state index is 5.21. The number of methoxy groups -OCH3 is 1. The first kappa shape index (κ1) is 13.6. The van der Waals surface area contributed by atoms with E-state index in [0.717, 1.165) is 33.9 Å². The number of nitrogens with one attached hydrogen (secondary N) is 1. The van der Waals surface area contributed by atoms with Gasteiger partial charge in [0.25, 0.3) is 0 Å². The third-order valence-electron chi connectivity index (χ3n) is 3.92. The molecule has 5 nitrogen and oxygen atoms in total. The molecule has 0 unspecified atom stereocenters. The molecule has 0 aliphatic carbocycles. The molecule has 5 heteroatoms. The van der Waals surface area contributed by atoms with Crippen LogP contribution in [0.15, 0.2) is 54.6 Å². The summed E-state index contributed by atoms with van der Waals surface area (Å²) in [5.41, 5.74) is 3.88. The topological polar surface area (TPSA) is 51.5 Å². The van der Waals surface area contributed by atoms with Crippen LogP contribution in [0.3, 0.4) is 0 Å². The molecule has 0 radical (unpaired) electrons. The number of aromatic nitrogens is 3. The molecule has 4 rings (SSSR count). The number of hydrogen-bond donors (Lipinski definition) is 1. The molecule has 2 heterocycles. The lowest BCUT2D eigenvalue weighted by atomic mass is 10.1. The number of para-hydroxylation sites is 2. The normalized spacial score (nSPS) is 11.0. The molecule has 0 spiro atoms. The Morgan fingerprint density at radius 3 is 2.52 bits per heavy atom. The lowest BCUT2D eigenvalue weighted by Crippen LogP contribution is -2.01. The maximum absolute atomic E-state index is 5.21. The van der Waals surface area contributed by atoms with E-state index in [1.807, 2.05) is 66.0 Å². The van der Waals surface area contributed by atoms with Crippen LogP contribution < -0.4 is 10.1 Å². The van der Waals surface area contributed by atoms with Gasteiger partial charge in [0.1, 0.15) is 11.6 Å². The predicted molar refractivity (Wildman–Crippen MR) is 92.0 cm³/mol. The molecule has 0 bridgehead atoms. The van der Waals surface area contributed by atoms with Crippen LogP contribution in [0, 0.1) is 0 Å². The van der Waals surface area contributed by atoms with Crippen LogP contribution in [-0.4, -0.2) is 28.5 Å². The molecule has 2 aromatic carbocycles. The zero-order chi connectivity index (χ0) is 15.8.